The van der Waals surface area contributed by atoms with Gasteiger partial charge in [-0.15, -0.1) is 0 Å². The second kappa shape index (κ2) is 7.95. The molecular formula is C21H31N3OS. The number of amides is 1. The molecule has 2 aliphatic rings. The summed E-state index contributed by atoms with van der Waals surface area (Å²) in [5.41, 5.74) is 1.41. The van der Waals surface area contributed by atoms with Gasteiger partial charge in [0.1, 0.15) is 0 Å². The first-order valence-corrected chi connectivity index (χ1v) is 10.2. The zero-order valence-corrected chi connectivity index (χ0v) is 17.0. The van der Waals surface area contributed by atoms with Crippen molar-refractivity contribution in [2.24, 2.45) is 5.92 Å². The predicted molar refractivity (Wildman–Crippen MR) is 110 cm³/mol. The molecule has 1 atom stereocenters. The van der Waals surface area contributed by atoms with Crippen molar-refractivity contribution in [1.29, 1.82) is 0 Å². The highest BCUT2D eigenvalue weighted by molar-refractivity contribution is 7.80. The summed E-state index contributed by atoms with van der Waals surface area (Å²) in [4.78, 5) is 16.9. The lowest BCUT2D eigenvalue weighted by Crippen LogP contribution is -2.62. The van der Waals surface area contributed by atoms with Crippen molar-refractivity contribution in [3.63, 3.8) is 0 Å². The van der Waals surface area contributed by atoms with Crippen LogP contribution in [0.3, 0.4) is 0 Å². The van der Waals surface area contributed by atoms with Crippen molar-refractivity contribution < 1.29 is 4.79 Å². The third kappa shape index (κ3) is 4.76. The van der Waals surface area contributed by atoms with Gasteiger partial charge >= 0.3 is 0 Å². The van der Waals surface area contributed by atoms with E-state index in [1.807, 2.05) is 4.90 Å². The lowest BCUT2D eigenvalue weighted by molar-refractivity contribution is -0.133. The molecule has 0 spiro atoms. The Morgan fingerprint density at radius 3 is 2.50 bits per heavy atom. The number of carbonyl (C=O) groups is 1. The zero-order chi connectivity index (χ0) is 18.7. The van der Waals surface area contributed by atoms with Crippen molar-refractivity contribution in [3.05, 3.63) is 35.9 Å². The molecule has 0 aliphatic carbocycles. The van der Waals surface area contributed by atoms with Gasteiger partial charge < -0.3 is 15.1 Å². The Hall–Kier alpha value is -1.62. The summed E-state index contributed by atoms with van der Waals surface area (Å²) in [5, 5.41) is 4.07. The van der Waals surface area contributed by atoms with Crippen LogP contribution in [-0.2, 0) is 11.2 Å². The molecule has 2 fully saturated rings. The normalized spacial score (nSPS) is 23.7. The molecule has 1 unspecified atom stereocenters. The second-order valence-electron chi connectivity index (χ2n) is 8.51. The quantitative estimate of drug-likeness (QED) is 0.822. The summed E-state index contributed by atoms with van der Waals surface area (Å²) < 4.78 is 0. The van der Waals surface area contributed by atoms with Crippen molar-refractivity contribution in [3.8, 4) is 0 Å². The maximum absolute atomic E-state index is 12.8. The lowest BCUT2D eigenvalue weighted by atomic mass is 9.90. The van der Waals surface area contributed by atoms with Gasteiger partial charge in [0.2, 0.25) is 5.91 Å². The molecule has 0 radical (unpaired) electrons. The van der Waals surface area contributed by atoms with Gasteiger partial charge in [0.25, 0.3) is 0 Å². The molecule has 1 amide bonds. The number of thiocarbonyl (C=S) groups is 1. The minimum absolute atomic E-state index is 0.00579. The van der Waals surface area contributed by atoms with Gasteiger partial charge in [0, 0.05) is 24.7 Å². The number of nitrogens with one attached hydrogen (secondary N) is 1. The molecule has 3 rings (SSSR count). The lowest BCUT2D eigenvalue weighted by Gasteiger charge is -2.45. The van der Waals surface area contributed by atoms with Gasteiger partial charge in [0.15, 0.2) is 5.11 Å². The van der Waals surface area contributed by atoms with Crippen LogP contribution < -0.4 is 5.32 Å². The Labute approximate surface area is 162 Å². The fraction of sp³-hybridized carbons (Fsp3) is 0.619. The fourth-order valence-corrected chi connectivity index (χ4v) is 4.79. The number of hydrogen-bond donors (Lipinski definition) is 1. The molecule has 5 heteroatoms. The molecule has 1 aromatic rings. The molecule has 0 aromatic heterocycles. The van der Waals surface area contributed by atoms with Gasteiger partial charge in [-0.05, 0) is 70.2 Å². The molecule has 0 bridgehead atoms. The Morgan fingerprint density at radius 2 is 1.88 bits per heavy atom. The van der Waals surface area contributed by atoms with Crippen LogP contribution in [0, 0.1) is 5.92 Å². The highest BCUT2D eigenvalue weighted by Gasteiger charge is 2.35. The van der Waals surface area contributed by atoms with E-state index in [-0.39, 0.29) is 11.4 Å². The van der Waals surface area contributed by atoms with E-state index in [9.17, 15) is 4.79 Å². The van der Waals surface area contributed by atoms with E-state index in [1.165, 1.54) is 5.56 Å². The maximum atomic E-state index is 12.8. The standard InChI is InChI=1S/C21H31N3OS/c1-16-14-21(2,3)22-20(26)24(16)15-19(25)23-11-9-18(10-12-23)13-17-7-5-4-6-8-17/h4-8,16,18H,9-15H2,1-3H3,(H,22,26). The van der Waals surface area contributed by atoms with Crippen molar-refractivity contribution >= 4 is 23.2 Å². The smallest absolute Gasteiger partial charge is 0.242 e. The van der Waals surface area contributed by atoms with Gasteiger partial charge in [0.05, 0.1) is 6.54 Å². The van der Waals surface area contributed by atoms with Gasteiger partial charge in [-0.25, -0.2) is 0 Å². The Morgan fingerprint density at radius 1 is 1.23 bits per heavy atom. The third-order valence-electron chi connectivity index (χ3n) is 5.68. The van der Waals surface area contributed by atoms with Crippen LogP contribution in [-0.4, -0.2) is 52.0 Å². The zero-order valence-electron chi connectivity index (χ0n) is 16.2. The van der Waals surface area contributed by atoms with E-state index in [1.54, 1.807) is 0 Å². The minimum atomic E-state index is 0.00579. The van der Waals surface area contributed by atoms with Crippen LogP contribution in [0.5, 0.6) is 0 Å². The molecule has 2 heterocycles. The SMILES string of the molecule is CC1CC(C)(C)NC(=S)N1CC(=O)N1CCC(Cc2ccccc2)CC1. The van der Waals surface area contributed by atoms with Gasteiger partial charge in [-0.3, -0.25) is 4.79 Å². The summed E-state index contributed by atoms with van der Waals surface area (Å²) in [5.74, 6) is 0.887. The van der Waals surface area contributed by atoms with E-state index < -0.39 is 0 Å². The second-order valence-corrected chi connectivity index (χ2v) is 8.90. The van der Waals surface area contributed by atoms with Crippen LogP contribution in [0.25, 0.3) is 0 Å². The largest absolute Gasteiger partial charge is 0.358 e. The van der Waals surface area contributed by atoms with Crippen LogP contribution in [0.4, 0.5) is 0 Å². The Bertz CT molecular complexity index is 638. The number of carbonyl (C=O) groups excluding carboxylic acids is 1. The summed E-state index contributed by atoms with van der Waals surface area (Å²) in [7, 11) is 0. The van der Waals surface area contributed by atoms with E-state index in [0.29, 0.717) is 23.6 Å². The number of likely N-dealkylation sites (tertiary alicyclic amines) is 1. The van der Waals surface area contributed by atoms with Crippen LogP contribution in [0.2, 0.25) is 0 Å². The van der Waals surface area contributed by atoms with Crippen molar-refractivity contribution in [2.75, 3.05) is 19.6 Å². The summed E-state index contributed by atoms with van der Waals surface area (Å²) in [6, 6.07) is 11.0. The molecule has 2 aliphatic heterocycles. The molecule has 1 aromatic carbocycles. The van der Waals surface area contributed by atoms with Crippen molar-refractivity contribution in [2.45, 2.75) is 58.0 Å². The molecule has 142 valence electrons. The van der Waals surface area contributed by atoms with E-state index in [4.69, 9.17) is 12.2 Å². The van der Waals surface area contributed by atoms with Crippen molar-refractivity contribution in [1.82, 2.24) is 15.1 Å². The highest BCUT2D eigenvalue weighted by Crippen LogP contribution is 2.24. The Balaban J connectivity index is 1.49. The van der Waals surface area contributed by atoms with Crippen LogP contribution in [0.1, 0.15) is 45.6 Å². The highest BCUT2D eigenvalue weighted by atomic mass is 32.1. The van der Waals surface area contributed by atoms with Crippen LogP contribution >= 0.6 is 12.2 Å². The molecule has 2 saturated heterocycles. The molecular weight excluding hydrogens is 342 g/mol. The number of nitrogens with zero attached hydrogens (tertiary/aromatic N) is 2. The minimum Gasteiger partial charge on any atom is -0.358 e. The van der Waals surface area contributed by atoms with Gasteiger partial charge in [-0.2, -0.15) is 0 Å². The number of piperidine rings is 1. The topological polar surface area (TPSA) is 35.6 Å². The summed E-state index contributed by atoms with van der Waals surface area (Å²) in [6.45, 7) is 8.61. The van der Waals surface area contributed by atoms with E-state index in [0.717, 1.165) is 38.8 Å². The maximum Gasteiger partial charge on any atom is 0.242 e. The number of benzene rings is 1. The molecule has 4 nitrogen and oxygen atoms in total. The van der Waals surface area contributed by atoms with Gasteiger partial charge in [-0.1, -0.05) is 30.3 Å². The molecule has 26 heavy (non-hydrogen) atoms. The molecule has 0 saturated carbocycles. The average molecular weight is 374 g/mol. The third-order valence-corrected chi connectivity index (χ3v) is 6.02. The number of hydrogen-bond acceptors (Lipinski definition) is 2. The Kier molecular flexibility index (Phi) is 5.86. The number of rotatable bonds is 4. The van der Waals surface area contributed by atoms with E-state index >= 15 is 0 Å². The fourth-order valence-electron chi connectivity index (χ4n) is 4.27. The predicted octanol–water partition coefficient (Wildman–Crippen LogP) is 3.22. The van der Waals surface area contributed by atoms with Crippen LogP contribution in [0.15, 0.2) is 30.3 Å². The monoisotopic (exact) mass is 373 g/mol. The first kappa shape index (κ1) is 19.2. The molecule has 1 N–H and O–H groups in total. The summed E-state index contributed by atoms with van der Waals surface area (Å²) >= 11 is 5.51. The first-order chi connectivity index (χ1) is 12.3. The average Bonchev–Trinajstić information content (AvgIpc) is 2.59. The van der Waals surface area contributed by atoms with E-state index in [2.05, 4.69) is 61.3 Å². The summed E-state index contributed by atoms with van der Waals surface area (Å²) in [6.07, 6.45) is 4.28. The first-order valence-electron chi connectivity index (χ1n) is 9.74.